The Kier molecular flexibility index (Phi) is 4.60. The molecule has 0 aliphatic carbocycles. The first-order valence-corrected chi connectivity index (χ1v) is 8.14. The second-order valence-corrected chi connectivity index (χ2v) is 6.40. The number of rotatable bonds is 4. The molecule has 22 heavy (non-hydrogen) atoms. The van der Waals surface area contributed by atoms with Gasteiger partial charge in [-0.1, -0.05) is 23.8 Å². The maximum atomic E-state index is 4.33. The van der Waals surface area contributed by atoms with Gasteiger partial charge in [-0.15, -0.1) is 0 Å². The molecule has 1 aliphatic rings. The van der Waals surface area contributed by atoms with Crippen LogP contribution in [0.2, 0.25) is 0 Å². The van der Waals surface area contributed by atoms with Gasteiger partial charge >= 0.3 is 0 Å². The fourth-order valence-electron chi connectivity index (χ4n) is 3.28. The minimum atomic E-state index is 0.687. The van der Waals surface area contributed by atoms with Gasteiger partial charge in [0.15, 0.2) is 0 Å². The van der Waals surface area contributed by atoms with Gasteiger partial charge in [-0.05, 0) is 51.0 Å². The third kappa shape index (κ3) is 3.39. The second kappa shape index (κ2) is 6.63. The van der Waals surface area contributed by atoms with Crippen LogP contribution in [0.3, 0.4) is 0 Å². The van der Waals surface area contributed by atoms with E-state index in [2.05, 4.69) is 53.7 Å². The lowest BCUT2D eigenvalue weighted by atomic mass is 9.98. The van der Waals surface area contributed by atoms with Crippen molar-refractivity contribution in [3.05, 3.63) is 41.7 Å². The number of benzene rings is 1. The molecule has 0 unspecified atom stereocenters. The van der Waals surface area contributed by atoms with Crippen molar-refractivity contribution in [2.24, 2.45) is 7.05 Å². The zero-order chi connectivity index (χ0) is 15.5. The second-order valence-electron chi connectivity index (χ2n) is 6.40. The van der Waals surface area contributed by atoms with Crippen LogP contribution in [0.1, 0.15) is 24.0 Å². The van der Waals surface area contributed by atoms with Crippen LogP contribution in [0, 0.1) is 6.92 Å². The summed E-state index contributed by atoms with van der Waals surface area (Å²) in [7, 11) is 4.04. The predicted molar refractivity (Wildman–Crippen MR) is 90.7 cm³/mol. The molecular weight excluding hydrogens is 272 g/mol. The Morgan fingerprint density at radius 1 is 1.27 bits per heavy atom. The zero-order valence-corrected chi connectivity index (χ0v) is 13.8. The summed E-state index contributed by atoms with van der Waals surface area (Å²) < 4.78 is 1.87. The van der Waals surface area contributed by atoms with E-state index in [-0.39, 0.29) is 0 Å². The summed E-state index contributed by atoms with van der Waals surface area (Å²) in [5, 5.41) is 7.72. The van der Waals surface area contributed by atoms with Gasteiger partial charge in [0.1, 0.15) is 0 Å². The Bertz CT molecular complexity index is 624. The number of aryl methyl sites for hydroxylation is 2. The molecule has 2 aromatic rings. The minimum absolute atomic E-state index is 0.687. The van der Waals surface area contributed by atoms with Gasteiger partial charge < -0.3 is 5.32 Å². The van der Waals surface area contributed by atoms with Crippen LogP contribution in [0.25, 0.3) is 11.1 Å². The smallest absolute Gasteiger partial charge is 0.0568 e. The van der Waals surface area contributed by atoms with E-state index < -0.39 is 0 Å². The van der Waals surface area contributed by atoms with Gasteiger partial charge in [-0.2, -0.15) is 5.10 Å². The third-order valence-corrected chi connectivity index (χ3v) is 4.67. The van der Waals surface area contributed by atoms with Crippen LogP contribution in [-0.2, 0) is 13.6 Å². The van der Waals surface area contributed by atoms with E-state index in [1.807, 2.05) is 17.9 Å². The Labute approximate surface area is 133 Å². The molecule has 0 atom stereocenters. The van der Waals surface area contributed by atoms with Gasteiger partial charge in [0, 0.05) is 31.4 Å². The van der Waals surface area contributed by atoms with Crippen molar-refractivity contribution >= 4 is 0 Å². The highest BCUT2D eigenvalue weighted by atomic mass is 15.2. The molecule has 1 fully saturated rings. The summed E-state index contributed by atoms with van der Waals surface area (Å²) >= 11 is 0. The number of aromatic nitrogens is 2. The fraction of sp³-hybridized carbons (Fsp3) is 0.500. The normalized spacial score (nSPS) is 17.0. The summed E-state index contributed by atoms with van der Waals surface area (Å²) in [6.07, 6.45) is 6.55. The monoisotopic (exact) mass is 298 g/mol. The van der Waals surface area contributed by atoms with E-state index in [0.29, 0.717) is 6.04 Å². The topological polar surface area (TPSA) is 33.1 Å². The molecule has 4 heteroatoms. The van der Waals surface area contributed by atoms with Crippen molar-refractivity contribution in [3.8, 4) is 11.1 Å². The molecule has 0 amide bonds. The molecule has 1 N–H and O–H groups in total. The molecule has 1 saturated heterocycles. The van der Waals surface area contributed by atoms with Crippen LogP contribution in [0.5, 0.6) is 0 Å². The number of nitrogens with one attached hydrogen (secondary N) is 1. The van der Waals surface area contributed by atoms with E-state index in [1.54, 1.807) is 0 Å². The molecule has 0 radical (unpaired) electrons. The quantitative estimate of drug-likeness (QED) is 0.942. The van der Waals surface area contributed by atoms with Crippen molar-refractivity contribution in [1.82, 2.24) is 20.0 Å². The maximum absolute atomic E-state index is 4.33. The van der Waals surface area contributed by atoms with E-state index in [0.717, 1.165) is 6.54 Å². The van der Waals surface area contributed by atoms with E-state index in [1.165, 1.54) is 48.2 Å². The lowest BCUT2D eigenvalue weighted by Crippen LogP contribution is -2.40. The van der Waals surface area contributed by atoms with E-state index >= 15 is 0 Å². The third-order valence-electron chi connectivity index (χ3n) is 4.67. The van der Waals surface area contributed by atoms with Crippen LogP contribution in [-0.4, -0.2) is 40.9 Å². The number of hydrogen-bond donors (Lipinski definition) is 1. The van der Waals surface area contributed by atoms with Crippen molar-refractivity contribution < 1.29 is 0 Å². The molecule has 1 aromatic carbocycles. The van der Waals surface area contributed by atoms with Gasteiger partial charge in [0.25, 0.3) is 0 Å². The molecular formula is C18H26N4. The highest BCUT2D eigenvalue weighted by Gasteiger charge is 2.19. The molecule has 0 saturated carbocycles. The van der Waals surface area contributed by atoms with E-state index in [4.69, 9.17) is 0 Å². The van der Waals surface area contributed by atoms with Gasteiger partial charge in [0.2, 0.25) is 0 Å². The molecule has 118 valence electrons. The summed E-state index contributed by atoms with van der Waals surface area (Å²) in [5.74, 6) is 0. The van der Waals surface area contributed by atoms with Crippen LogP contribution >= 0.6 is 0 Å². The summed E-state index contributed by atoms with van der Waals surface area (Å²) in [4.78, 5) is 2.57. The number of hydrogen-bond acceptors (Lipinski definition) is 3. The van der Waals surface area contributed by atoms with Crippen molar-refractivity contribution in [2.75, 3.05) is 20.1 Å². The predicted octanol–water partition coefficient (Wildman–Crippen LogP) is 2.58. The van der Waals surface area contributed by atoms with Gasteiger partial charge in [0.05, 0.1) is 6.20 Å². The molecule has 3 rings (SSSR count). The minimum Gasteiger partial charge on any atom is -0.317 e. The summed E-state index contributed by atoms with van der Waals surface area (Å²) in [6.45, 7) is 5.53. The molecule has 1 aromatic heterocycles. The number of piperidine rings is 1. The Balaban J connectivity index is 1.79. The lowest BCUT2D eigenvalue weighted by Gasteiger charge is -2.32. The summed E-state index contributed by atoms with van der Waals surface area (Å²) in [5.41, 5.74) is 5.24. The fourth-order valence-corrected chi connectivity index (χ4v) is 3.28. The Morgan fingerprint density at radius 3 is 2.68 bits per heavy atom. The first kappa shape index (κ1) is 15.3. The molecule has 4 nitrogen and oxygen atoms in total. The number of nitrogens with zero attached hydrogens (tertiary/aromatic N) is 3. The highest BCUT2D eigenvalue weighted by Crippen LogP contribution is 2.26. The lowest BCUT2D eigenvalue weighted by molar-refractivity contribution is 0.195. The summed E-state index contributed by atoms with van der Waals surface area (Å²) in [6, 6.07) is 7.47. The van der Waals surface area contributed by atoms with Crippen LogP contribution < -0.4 is 5.32 Å². The molecule has 1 aliphatic heterocycles. The van der Waals surface area contributed by atoms with Crippen molar-refractivity contribution in [1.29, 1.82) is 0 Å². The average Bonchev–Trinajstić information content (AvgIpc) is 2.96. The maximum Gasteiger partial charge on any atom is 0.0568 e. The Morgan fingerprint density at radius 2 is 2.05 bits per heavy atom. The van der Waals surface area contributed by atoms with E-state index in [9.17, 15) is 0 Å². The van der Waals surface area contributed by atoms with Gasteiger partial charge in [-0.3, -0.25) is 9.58 Å². The first-order chi connectivity index (χ1) is 10.7. The van der Waals surface area contributed by atoms with Crippen LogP contribution in [0.4, 0.5) is 0 Å². The molecule has 2 heterocycles. The molecule has 0 bridgehead atoms. The SMILES string of the molecule is CNC1CCN(Cc2ccc(C)cc2-c2cnn(C)c2)CC1. The largest absolute Gasteiger partial charge is 0.317 e. The Hall–Kier alpha value is -1.65. The number of likely N-dealkylation sites (tertiary alicyclic amines) is 1. The molecule has 0 spiro atoms. The van der Waals surface area contributed by atoms with Crippen molar-refractivity contribution in [3.63, 3.8) is 0 Å². The van der Waals surface area contributed by atoms with Gasteiger partial charge in [-0.25, -0.2) is 0 Å². The highest BCUT2D eigenvalue weighted by molar-refractivity contribution is 5.66. The average molecular weight is 298 g/mol. The first-order valence-electron chi connectivity index (χ1n) is 8.14. The zero-order valence-electron chi connectivity index (χ0n) is 13.8. The van der Waals surface area contributed by atoms with Crippen molar-refractivity contribution in [2.45, 2.75) is 32.4 Å². The van der Waals surface area contributed by atoms with Crippen LogP contribution in [0.15, 0.2) is 30.6 Å². The standard InChI is InChI=1S/C18H26N4/c1-14-4-5-15(13-22-8-6-17(19-2)7-9-22)18(10-14)16-11-20-21(3)12-16/h4-5,10-12,17,19H,6-9,13H2,1-3H3.